The van der Waals surface area contributed by atoms with Gasteiger partial charge in [-0.3, -0.25) is 0 Å². The first-order valence-corrected chi connectivity index (χ1v) is 11.4. The van der Waals surface area contributed by atoms with Crippen molar-refractivity contribution in [1.29, 1.82) is 0 Å². The molecule has 0 aliphatic carbocycles. The van der Waals surface area contributed by atoms with Gasteiger partial charge in [0, 0.05) is 48.5 Å². The van der Waals surface area contributed by atoms with Crippen molar-refractivity contribution in [3.8, 4) is 0 Å². The molecule has 1 unspecified atom stereocenters. The van der Waals surface area contributed by atoms with Crippen molar-refractivity contribution < 1.29 is 9.29 Å². The molecular formula is C21H25ClN4O2S. The number of imidazole rings is 1. The molecule has 8 heteroatoms. The van der Waals surface area contributed by atoms with Crippen molar-refractivity contribution in [2.45, 2.75) is 55.5 Å². The molecule has 1 saturated heterocycles. The predicted molar refractivity (Wildman–Crippen MR) is 114 cm³/mol. The van der Waals surface area contributed by atoms with Crippen LogP contribution in [0.15, 0.2) is 40.3 Å². The molecular weight excluding hydrogens is 408 g/mol. The van der Waals surface area contributed by atoms with Gasteiger partial charge in [-0.25, -0.2) is 4.98 Å². The lowest BCUT2D eigenvalue weighted by molar-refractivity contribution is 0.0611. The smallest absolute Gasteiger partial charge is 0.269 e. The molecule has 4 rings (SSSR count). The summed E-state index contributed by atoms with van der Waals surface area (Å²) in [6.07, 6.45) is 2.14. The van der Waals surface area contributed by atoms with E-state index < -0.39 is 11.2 Å². The van der Waals surface area contributed by atoms with Gasteiger partial charge in [0.2, 0.25) is 0 Å². The molecule has 0 radical (unpaired) electrons. The van der Waals surface area contributed by atoms with E-state index in [2.05, 4.69) is 35.5 Å². The van der Waals surface area contributed by atoms with Crippen LogP contribution >= 0.6 is 11.6 Å². The van der Waals surface area contributed by atoms with E-state index in [1.165, 1.54) is 0 Å². The maximum absolute atomic E-state index is 12.9. The summed E-state index contributed by atoms with van der Waals surface area (Å²) in [6, 6.07) is 9.05. The van der Waals surface area contributed by atoms with Gasteiger partial charge in [-0.05, 0) is 37.0 Å². The molecule has 6 nitrogen and oxygen atoms in total. The third-order valence-corrected chi connectivity index (χ3v) is 6.67. The fraction of sp³-hybridized carbons (Fsp3) is 0.476. The summed E-state index contributed by atoms with van der Waals surface area (Å²) in [5, 5.41) is 8.41. The highest BCUT2D eigenvalue weighted by Gasteiger charge is 2.27. The molecule has 0 N–H and O–H groups in total. The fourth-order valence-corrected chi connectivity index (χ4v) is 4.75. The second kappa shape index (κ2) is 8.22. The van der Waals surface area contributed by atoms with E-state index in [0.29, 0.717) is 15.8 Å². The van der Waals surface area contributed by atoms with Gasteiger partial charge in [0.05, 0.1) is 11.0 Å². The summed E-state index contributed by atoms with van der Waals surface area (Å²) in [5.74, 6) is 1.63. The monoisotopic (exact) mass is 432 g/mol. The number of halogens is 1. The van der Waals surface area contributed by atoms with Crippen molar-refractivity contribution in [2.75, 3.05) is 13.2 Å². The van der Waals surface area contributed by atoms with Gasteiger partial charge >= 0.3 is 0 Å². The van der Waals surface area contributed by atoms with Crippen LogP contribution < -0.4 is 0 Å². The van der Waals surface area contributed by atoms with Gasteiger partial charge < -0.3 is 13.9 Å². The lowest BCUT2D eigenvalue weighted by Gasteiger charge is -2.26. The second-order valence-corrected chi connectivity index (χ2v) is 10.3. The Morgan fingerprint density at radius 3 is 2.59 bits per heavy atom. The predicted octanol–water partition coefficient (Wildman–Crippen LogP) is 4.37. The van der Waals surface area contributed by atoms with Crippen LogP contribution in [0.4, 0.5) is 0 Å². The largest absolute Gasteiger partial charge is 0.605 e. The Kier molecular flexibility index (Phi) is 5.84. The Labute approximate surface area is 178 Å². The Balaban J connectivity index is 1.72. The molecule has 1 aliphatic heterocycles. The highest BCUT2D eigenvalue weighted by molar-refractivity contribution is 7.91. The van der Waals surface area contributed by atoms with Crippen LogP contribution in [0.1, 0.15) is 39.4 Å². The Bertz CT molecular complexity index is 994. The minimum Gasteiger partial charge on any atom is -0.605 e. The molecule has 1 atom stereocenters. The van der Waals surface area contributed by atoms with E-state index in [1.54, 1.807) is 12.1 Å². The second-order valence-electron chi connectivity index (χ2n) is 8.47. The number of ether oxygens (including phenoxy) is 1. The SMILES string of the molecule is CC(C)(C)c1nc2cc([S+]([O-])c3ccc(Cl)nn3)ccc2n1CC1CCOCC1. The van der Waals surface area contributed by atoms with Crippen molar-refractivity contribution >= 4 is 33.8 Å². The number of rotatable bonds is 4. The highest BCUT2D eigenvalue weighted by Crippen LogP contribution is 2.31. The molecule has 1 fully saturated rings. The average molecular weight is 433 g/mol. The zero-order valence-electron chi connectivity index (χ0n) is 16.9. The van der Waals surface area contributed by atoms with Gasteiger partial charge in [-0.15, -0.1) is 5.10 Å². The molecule has 154 valence electrons. The summed E-state index contributed by atoms with van der Waals surface area (Å²) in [5.41, 5.74) is 1.84. The van der Waals surface area contributed by atoms with E-state index in [-0.39, 0.29) is 10.6 Å². The van der Waals surface area contributed by atoms with Crippen LogP contribution in [0, 0.1) is 5.92 Å². The van der Waals surface area contributed by atoms with Gasteiger partial charge in [-0.1, -0.05) is 37.5 Å². The molecule has 3 heterocycles. The van der Waals surface area contributed by atoms with Gasteiger partial charge in [0.25, 0.3) is 5.03 Å². The van der Waals surface area contributed by atoms with Gasteiger partial charge in [0.1, 0.15) is 5.82 Å². The number of hydrogen-bond acceptors (Lipinski definition) is 5. The molecule has 0 saturated carbocycles. The molecule has 0 amide bonds. The zero-order valence-corrected chi connectivity index (χ0v) is 18.5. The highest BCUT2D eigenvalue weighted by atomic mass is 35.5. The molecule has 1 aromatic carbocycles. The Morgan fingerprint density at radius 2 is 1.93 bits per heavy atom. The topological polar surface area (TPSA) is 75.9 Å². The maximum atomic E-state index is 12.9. The summed E-state index contributed by atoms with van der Waals surface area (Å²) >= 11 is 4.36. The number of benzene rings is 1. The van der Waals surface area contributed by atoms with E-state index in [1.807, 2.05) is 18.2 Å². The van der Waals surface area contributed by atoms with Crippen molar-refractivity contribution in [2.24, 2.45) is 5.92 Å². The molecule has 29 heavy (non-hydrogen) atoms. The van der Waals surface area contributed by atoms with E-state index >= 15 is 0 Å². The number of aromatic nitrogens is 4. The number of nitrogens with zero attached hydrogens (tertiary/aromatic N) is 4. The molecule has 0 spiro atoms. The Morgan fingerprint density at radius 1 is 1.17 bits per heavy atom. The Hall–Kier alpha value is -1.67. The van der Waals surface area contributed by atoms with E-state index in [9.17, 15) is 4.55 Å². The molecule has 3 aromatic rings. The number of hydrogen-bond donors (Lipinski definition) is 0. The van der Waals surface area contributed by atoms with Crippen LogP contribution in [0.3, 0.4) is 0 Å². The first-order valence-electron chi connectivity index (χ1n) is 9.82. The first kappa shape index (κ1) is 20.6. The maximum Gasteiger partial charge on any atom is 0.269 e. The summed E-state index contributed by atoms with van der Waals surface area (Å²) in [4.78, 5) is 5.60. The van der Waals surface area contributed by atoms with E-state index in [4.69, 9.17) is 21.3 Å². The summed E-state index contributed by atoms with van der Waals surface area (Å²) < 4.78 is 20.8. The summed E-state index contributed by atoms with van der Waals surface area (Å²) in [7, 11) is 0. The fourth-order valence-electron chi connectivity index (χ4n) is 3.69. The minimum absolute atomic E-state index is 0.0921. The van der Waals surface area contributed by atoms with E-state index in [0.717, 1.165) is 49.5 Å². The zero-order chi connectivity index (χ0) is 20.6. The normalized spacial score (nSPS) is 17.0. The quantitative estimate of drug-likeness (QED) is 0.572. The van der Waals surface area contributed by atoms with Gasteiger partial charge in [0.15, 0.2) is 10.0 Å². The molecule has 1 aliphatic rings. The van der Waals surface area contributed by atoms with Crippen molar-refractivity contribution in [3.05, 3.63) is 41.3 Å². The first-order chi connectivity index (χ1) is 13.8. The minimum atomic E-state index is -1.43. The molecule has 2 aromatic heterocycles. The lowest BCUT2D eigenvalue weighted by Crippen LogP contribution is -2.25. The standard InChI is InChI=1S/C21H25ClN4O2S/c1-21(2,3)20-23-16-12-15(29(27)19-7-6-18(22)24-25-19)4-5-17(16)26(20)13-14-8-10-28-11-9-14/h4-7,12,14H,8-11,13H2,1-3H3. The third kappa shape index (κ3) is 4.43. The van der Waals surface area contributed by atoms with Crippen LogP contribution in [-0.4, -0.2) is 37.5 Å². The average Bonchev–Trinajstić information content (AvgIpc) is 3.07. The van der Waals surface area contributed by atoms with Crippen molar-refractivity contribution in [1.82, 2.24) is 19.7 Å². The number of fused-ring (bicyclic) bond motifs is 1. The molecule has 0 bridgehead atoms. The summed E-state index contributed by atoms with van der Waals surface area (Å²) in [6.45, 7) is 9.11. The lowest BCUT2D eigenvalue weighted by atomic mass is 9.94. The van der Waals surface area contributed by atoms with Crippen LogP contribution in [0.5, 0.6) is 0 Å². The van der Waals surface area contributed by atoms with Crippen molar-refractivity contribution in [3.63, 3.8) is 0 Å². The van der Waals surface area contributed by atoms with Crippen LogP contribution in [0.25, 0.3) is 11.0 Å². The van der Waals surface area contributed by atoms with Gasteiger partial charge in [-0.2, -0.15) is 0 Å². The van der Waals surface area contributed by atoms with Crippen LogP contribution in [0.2, 0.25) is 5.15 Å². The van der Waals surface area contributed by atoms with Crippen LogP contribution in [-0.2, 0) is 27.9 Å². The third-order valence-electron chi connectivity index (χ3n) is 5.18.